The molecule has 4 aliphatic carbocycles. The number of hydrogen-bond donors (Lipinski definition) is 0. The molecule has 1 aliphatic heterocycles. The molecule has 0 aromatic heterocycles. The summed E-state index contributed by atoms with van der Waals surface area (Å²) < 4.78 is 15.6. The molecule has 0 spiro atoms. The first-order valence-corrected chi connectivity index (χ1v) is 13.1. The number of carbonyl (C=O) groups excluding carboxylic acids is 2. The molecule has 0 radical (unpaired) electrons. The van der Waals surface area contributed by atoms with Crippen LogP contribution in [0, 0.1) is 34.5 Å². The van der Waals surface area contributed by atoms with Crippen molar-refractivity contribution in [1.29, 1.82) is 0 Å². The maximum absolute atomic E-state index is 15.6. The molecule has 1 saturated heterocycles. The third-order valence-corrected chi connectivity index (χ3v) is 10.1. The number of allylic oxidation sites excluding steroid dienone is 1. The Morgan fingerprint density at radius 2 is 1.91 bits per heavy atom. The van der Waals surface area contributed by atoms with E-state index in [2.05, 4.69) is 23.6 Å². The van der Waals surface area contributed by atoms with Crippen LogP contribution in [0.2, 0.25) is 0 Å². The quantitative estimate of drug-likeness (QED) is 0.347. The smallest absolute Gasteiger partial charge is 0.171 e. The van der Waals surface area contributed by atoms with Crippen molar-refractivity contribution in [1.82, 2.24) is 4.90 Å². The average Bonchev–Trinajstić information content (AvgIpc) is 3.12. The third kappa shape index (κ3) is 3.62. The number of fused-ring (bicyclic) bond motifs is 5. The van der Waals surface area contributed by atoms with Crippen molar-refractivity contribution in [3.8, 4) is 0 Å². The molecule has 0 N–H and O–H groups in total. The van der Waals surface area contributed by atoms with Gasteiger partial charge in [-0.25, -0.2) is 4.39 Å². The van der Waals surface area contributed by atoms with Crippen molar-refractivity contribution in [3.05, 3.63) is 12.2 Å². The van der Waals surface area contributed by atoms with Gasteiger partial charge in [-0.1, -0.05) is 30.7 Å². The molecule has 5 rings (SSSR count). The van der Waals surface area contributed by atoms with Crippen LogP contribution in [-0.2, 0) is 14.4 Å². The summed E-state index contributed by atoms with van der Waals surface area (Å²) in [5.41, 5.74) is 0.731. The van der Waals surface area contributed by atoms with Crippen molar-refractivity contribution >= 4 is 17.3 Å². The first-order valence-electron chi connectivity index (χ1n) is 13.1. The van der Waals surface area contributed by atoms with Gasteiger partial charge >= 0.3 is 0 Å². The lowest BCUT2D eigenvalue weighted by Crippen LogP contribution is -2.62. The lowest BCUT2D eigenvalue weighted by atomic mass is 9.43. The van der Waals surface area contributed by atoms with Crippen molar-refractivity contribution in [2.75, 3.05) is 26.2 Å². The molecule has 0 bridgehead atoms. The Balaban J connectivity index is 1.29. The van der Waals surface area contributed by atoms with Crippen molar-refractivity contribution < 1.29 is 18.8 Å². The Bertz CT molecular complexity index is 865. The van der Waals surface area contributed by atoms with Gasteiger partial charge in [0.2, 0.25) is 0 Å². The maximum Gasteiger partial charge on any atom is 0.171 e. The highest BCUT2D eigenvalue weighted by Crippen LogP contribution is 2.65. The first-order chi connectivity index (χ1) is 15.8. The van der Waals surface area contributed by atoms with Gasteiger partial charge in [-0.05, 0) is 88.1 Å². The molecule has 0 aromatic carbocycles. The lowest BCUT2D eigenvalue weighted by molar-refractivity contribution is -0.165. The topological polar surface area (TPSA) is 59.0 Å². The first kappa shape index (κ1) is 23.2. The summed E-state index contributed by atoms with van der Waals surface area (Å²) in [7, 11) is 0. The second-order valence-corrected chi connectivity index (χ2v) is 11.8. The predicted octanol–water partition coefficient (Wildman–Crippen LogP) is 4.75. The number of piperidine rings is 1. The number of ketones is 2. The summed E-state index contributed by atoms with van der Waals surface area (Å²) >= 11 is 0. The van der Waals surface area contributed by atoms with E-state index in [9.17, 15) is 9.59 Å². The summed E-state index contributed by atoms with van der Waals surface area (Å²) in [4.78, 5) is 34.2. The molecular formula is C27H39FN2O3. The number of likely N-dealkylation sites (tertiary alicyclic amines) is 1. The number of alkyl halides is 1. The monoisotopic (exact) mass is 458 g/mol. The number of rotatable bonds is 4. The van der Waals surface area contributed by atoms with E-state index >= 15 is 4.39 Å². The fourth-order valence-electron chi connectivity index (χ4n) is 8.18. The highest BCUT2D eigenvalue weighted by Gasteiger charge is 2.68. The van der Waals surface area contributed by atoms with Gasteiger partial charge in [0.15, 0.2) is 12.0 Å². The van der Waals surface area contributed by atoms with Crippen LogP contribution in [0.5, 0.6) is 0 Å². The number of carbonyl (C=O) groups is 2. The van der Waals surface area contributed by atoms with Gasteiger partial charge in [0.1, 0.15) is 12.4 Å². The molecule has 5 aliphatic rings. The molecule has 7 atom stereocenters. The Morgan fingerprint density at radius 1 is 1.15 bits per heavy atom. The van der Waals surface area contributed by atoms with Crippen LogP contribution in [0.3, 0.4) is 0 Å². The van der Waals surface area contributed by atoms with Crippen LogP contribution >= 0.6 is 0 Å². The fourth-order valence-corrected chi connectivity index (χ4v) is 8.18. The van der Waals surface area contributed by atoms with Crippen LogP contribution in [-0.4, -0.2) is 54.6 Å². The minimum atomic E-state index is -1.67. The summed E-state index contributed by atoms with van der Waals surface area (Å²) in [5, 5.41) is 4.48. The standard InChI is InChI=1S/C27H39FN2O3/c1-17-15-19-20-7-8-22(31)27(20,3)25(28)24(32)23(19)26(2)10-9-18(16-21(17)26)29-33-14-13-30-11-5-4-6-12-30/h19-21,23,25H,1,4-16H2,2-3H3/t19?,20?,21?,23?,25?,26-,27-/m0/s1. The predicted molar refractivity (Wildman–Crippen MR) is 126 cm³/mol. The summed E-state index contributed by atoms with van der Waals surface area (Å²) in [6.45, 7) is 12.1. The molecule has 0 aromatic rings. The lowest BCUT2D eigenvalue weighted by Gasteiger charge is -2.59. The Morgan fingerprint density at radius 3 is 2.67 bits per heavy atom. The van der Waals surface area contributed by atoms with Gasteiger partial charge in [-0.2, -0.15) is 0 Å². The molecule has 5 fully saturated rings. The zero-order valence-corrected chi connectivity index (χ0v) is 20.3. The van der Waals surface area contributed by atoms with E-state index in [1.54, 1.807) is 6.92 Å². The van der Waals surface area contributed by atoms with E-state index in [4.69, 9.17) is 4.84 Å². The number of halogens is 1. The Kier molecular flexibility index (Phi) is 6.03. The van der Waals surface area contributed by atoms with E-state index in [1.165, 1.54) is 19.3 Å². The van der Waals surface area contributed by atoms with E-state index in [-0.39, 0.29) is 40.7 Å². The largest absolute Gasteiger partial charge is 0.394 e. The minimum absolute atomic E-state index is 0.0361. The number of oxime groups is 1. The zero-order valence-electron chi connectivity index (χ0n) is 20.3. The molecule has 0 amide bonds. The normalized spacial score (nSPS) is 45.0. The van der Waals surface area contributed by atoms with Crippen molar-refractivity contribution in [2.45, 2.75) is 77.8 Å². The zero-order chi connectivity index (χ0) is 23.4. The molecular weight excluding hydrogens is 419 g/mol. The second-order valence-electron chi connectivity index (χ2n) is 11.8. The van der Waals surface area contributed by atoms with Crippen LogP contribution in [0.4, 0.5) is 4.39 Å². The van der Waals surface area contributed by atoms with Crippen molar-refractivity contribution in [2.24, 2.45) is 39.7 Å². The van der Waals surface area contributed by atoms with Crippen LogP contribution in [0.15, 0.2) is 17.3 Å². The van der Waals surface area contributed by atoms with E-state index < -0.39 is 11.6 Å². The van der Waals surface area contributed by atoms with Gasteiger partial charge in [0.25, 0.3) is 0 Å². The van der Waals surface area contributed by atoms with E-state index in [0.717, 1.165) is 56.6 Å². The molecule has 182 valence electrons. The molecule has 33 heavy (non-hydrogen) atoms. The molecule has 1 heterocycles. The molecule has 5 nitrogen and oxygen atoms in total. The fraction of sp³-hybridized carbons (Fsp3) is 0.815. The molecule has 5 unspecified atom stereocenters. The van der Waals surface area contributed by atoms with Gasteiger partial charge in [0.05, 0.1) is 11.1 Å². The molecule has 4 saturated carbocycles. The van der Waals surface area contributed by atoms with Crippen LogP contribution in [0.1, 0.15) is 71.6 Å². The average molecular weight is 459 g/mol. The van der Waals surface area contributed by atoms with Crippen LogP contribution < -0.4 is 0 Å². The number of Topliss-reactive ketones (excluding diaryl/α,β-unsaturated/α-hetero) is 2. The Hall–Kier alpha value is -1.56. The number of hydrogen-bond acceptors (Lipinski definition) is 5. The minimum Gasteiger partial charge on any atom is -0.394 e. The van der Waals surface area contributed by atoms with Crippen molar-refractivity contribution in [3.63, 3.8) is 0 Å². The van der Waals surface area contributed by atoms with Crippen LogP contribution in [0.25, 0.3) is 0 Å². The van der Waals surface area contributed by atoms with E-state index in [1.807, 2.05) is 0 Å². The highest BCUT2D eigenvalue weighted by molar-refractivity contribution is 5.99. The summed E-state index contributed by atoms with van der Waals surface area (Å²) in [6.07, 6.45) is 6.33. The van der Waals surface area contributed by atoms with Gasteiger partial charge < -0.3 is 4.84 Å². The van der Waals surface area contributed by atoms with Gasteiger partial charge in [0, 0.05) is 18.9 Å². The van der Waals surface area contributed by atoms with Gasteiger partial charge in [-0.3, -0.25) is 14.5 Å². The summed E-state index contributed by atoms with van der Waals surface area (Å²) in [5.74, 6) is -0.612. The molecule has 6 heteroatoms. The summed E-state index contributed by atoms with van der Waals surface area (Å²) in [6, 6.07) is 0. The highest BCUT2D eigenvalue weighted by atomic mass is 19.1. The second kappa shape index (κ2) is 8.58. The van der Waals surface area contributed by atoms with Gasteiger partial charge in [-0.15, -0.1) is 0 Å². The number of nitrogens with zero attached hydrogens (tertiary/aromatic N) is 2. The Labute approximate surface area is 197 Å². The van der Waals surface area contributed by atoms with E-state index in [0.29, 0.717) is 19.4 Å². The SMILES string of the molecule is C=C1CC2C(C(=O)C(F)[C@]3(C)C(=O)CCC23)[C@@]2(C)CCC(=NOCCN3CCCCC3)CC12. The third-order valence-electron chi connectivity index (χ3n) is 10.1. The maximum atomic E-state index is 15.6.